The Hall–Kier alpha value is -2.29. The molecular weight excluding hydrogens is 251 g/mol. The molecule has 100 valence electrons. The lowest BCUT2D eigenvalue weighted by Gasteiger charge is -2.13. The van der Waals surface area contributed by atoms with Gasteiger partial charge in [0.05, 0.1) is 11.2 Å². The highest BCUT2D eigenvalue weighted by atomic mass is 19.1. The summed E-state index contributed by atoms with van der Waals surface area (Å²) < 4.78 is 14.0. The van der Waals surface area contributed by atoms with Crippen molar-refractivity contribution in [2.75, 3.05) is 0 Å². The van der Waals surface area contributed by atoms with Crippen LogP contribution in [-0.4, -0.2) is 9.97 Å². The highest BCUT2D eigenvalue weighted by Gasteiger charge is 2.14. The smallest absolute Gasteiger partial charge is 0.129 e. The van der Waals surface area contributed by atoms with Crippen molar-refractivity contribution in [1.29, 1.82) is 0 Å². The van der Waals surface area contributed by atoms with Crippen molar-refractivity contribution in [3.63, 3.8) is 0 Å². The van der Waals surface area contributed by atoms with Crippen LogP contribution in [0.1, 0.15) is 16.7 Å². The minimum Gasteiger partial charge on any atom is -0.236 e. The maximum atomic E-state index is 14.0. The van der Waals surface area contributed by atoms with Gasteiger partial charge >= 0.3 is 0 Å². The van der Waals surface area contributed by atoms with Gasteiger partial charge in [-0.3, -0.25) is 0 Å². The van der Waals surface area contributed by atoms with Gasteiger partial charge in [0.25, 0.3) is 0 Å². The number of hydrogen-bond donors (Lipinski definition) is 0. The fraction of sp³-hybridized carbons (Fsp3) is 0.176. The Morgan fingerprint density at radius 1 is 0.950 bits per heavy atom. The number of benzene rings is 2. The second-order valence-electron chi connectivity index (χ2n) is 5.04. The molecular formula is C17H15FN2. The summed E-state index contributed by atoms with van der Waals surface area (Å²) in [6.07, 6.45) is 1.56. The summed E-state index contributed by atoms with van der Waals surface area (Å²) >= 11 is 0. The standard InChI is InChI=1S/C17H15FN2/c1-10-8-14(11(2)12(3)16(10)18)17-13-6-4-5-7-15(13)19-9-20-17/h4-9H,1-3H3. The summed E-state index contributed by atoms with van der Waals surface area (Å²) in [7, 11) is 0. The predicted octanol–water partition coefficient (Wildman–Crippen LogP) is 4.36. The molecule has 0 saturated carbocycles. The van der Waals surface area contributed by atoms with Gasteiger partial charge in [-0.05, 0) is 49.6 Å². The van der Waals surface area contributed by atoms with Gasteiger partial charge in [-0.25, -0.2) is 14.4 Å². The minimum absolute atomic E-state index is 0.135. The summed E-state index contributed by atoms with van der Waals surface area (Å²) in [5.41, 5.74) is 4.99. The molecule has 0 amide bonds. The van der Waals surface area contributed by atoms with Crippen LogP contribution in [0.2, 0.25) is 0 Å². The second-order valence-corrected chi connectivity index (χ2v) is 5.04. The van der Waals surface area contributed by atoms with E-state index < -0.39 is 0 Å². The molecule has 0 atom stereocenters. The summed E-state index contributed by atoms with van der Waals surface area (Å²) in [6.45, 7) is 5.53. The number of aryl methyl sites for hydroxylation is 1. The molecule has 3 aromatic rings. The summed E-state index contributed by atoms with van der Waals surface area (Å²) in [5, 5.41) is 0.989. The third-order valence-electron chi connectivity index (χ3n) is 3.80. The molecule has 0 N–H and O–H groups in total. The quantitative estimate of drug-likeness (QED) is 0.654. The summed E-state index contributed by atoms with van der Waals surface area (Å²) in [5.74, 6) is -0.135. The lowest BCUT2D eigenvalue weighted by Crippen LogP contribution is -1.98. The molecule has 3 rings (SSSR count). The molecule has 0 aliphatic rings. The highest BCUT2D eigenvalue weighted by Crippen LogP contribution is 2.31. The monoisotopic (exact) mass is 266 g/mol. The van der Waals surface area contributed by atoms with E-state index in [9.17, 15) is 4.39 Å². The Morgan fingerprint density at radius 3 is 2.50 bits per heavy atom. The van der Waals surface area contributed by atoms with Gasteiger partial charge in [0.1, 0.15) is 12.1 Å². The molecule has 0 radical (unpaired) electrons. The Balaban J connectivity index is 2.37. The van der Waals surface area contributed by atoms with Gasteiger partial charge in [-0.1, -0.05) is 18.2 Å². The third-order valence-corrected chi connectivity index (χ3v) is 3.80. The molecule has 0 bridgehead atoms. The number of fused-ring (bicyclic) bond motifs is 1. The van der Waals surface area contributed by atoms with Crippen molar-refractivity contribution >= 4 is 10.9 Å². The lowest BCUT2D eigenvalue weighted by atomic mass is 9.95. The van der Waals surface area contributed by atoms with E-state index in [2.05, 4.69) is 9.97 Å². The SMILES string of the molecule is Cc1cc(-c2ncnc3ccccc23)c(C)c(C)c1F. The molecule has 0 fully saturated rings. The molecule has 0 aliphatic carbocycles. The molecule has 0 unspecified atom stereocenters. The van der Waals surface area contributed by atoms with Crippen LogP contribution in [0.5, 0.6) is 0 Å². The van der Waals surface area contributed by atoms with Crippen molar-refractivity contribution in [1.82, 2.24) is 9.97 Å². The van der Waals surface area contributed by atoms with Crippen LogP contribution in [0.15, 0.2) is 36.7 Å². The predicted molar refractivity (Wildman–Crippen MR) is 79.1 cm³/mol. The largest absolute Gasteiger partial charge is 0.236 e. The van der Waals surface area contributed by atoms with E-state index >= 15 is 0 Å². The van der Waals surface area contributed by atoms with Gasteiger partial charge in [-0.15, -0.1) is 0 Å². The van der Waals surface area contributed by atoms with E-state index in [1.54, 1.807) is 13.3 Å². The van der Waals surface area contributed by atoms with E-state index in [1.165, 1.54) is 0 Å². The number of aromatic nitrogens is 2. The number of para-hydroxylation sites is 1. The van der Waals surface area contributed by atoms with Crippen molar-refractivity contribution in [3.05, 3.63) is 59.2 Å². The van der Waals surface area contributed by atoms with E-state index in [1.807, 2.05) is 44.2 Å². The fourth-order valence-corrected chi connectivity index (χ4v) is 2.52. The Labute approximate surface area is 117 Å². The number of hydrogen-bond acceptors (Lipinski definition) is 2. The van der Waals surface area contributed by atoms with Gasteiger partial charge in [0.15, 0.2) is 0 Å². The Bertz CT molecular complexity index is 804. The Kier molecular flexibility index (Phi) is 2.97. The van der Waals surface area contributed by atoms with Crippen molar-refractivity contribution in [2.45, 2.75) is 20.8 Å². The van der Waals surface area contributed by atoms with Crippen molar-refractivity contribution in [2.24, 2.45) is 0 Å². The molecule has 1 heterocycles. The first-order valence-corrected chi connectivity index (χ1v) is 6.56. The molecule has 2 nitrogen and oxygen atoms in total. The van der Waals surface area contributed by atoms with E-state index in [0.717, 1.165) is 27.7 Å². The topological polar surface area (TPSA) is 25.8 Å². The molecule has 0 spiro atoms. The van der Waals surface area contributed by atoms with E-state index in [4.69, 9.17) is 0 Å². The fourth-order valence-electron chi connectivity index (χ4n) is 2.52. The van der Waals surface area contributed by atoms with Crippen LogP contribution >= 0.6 is 0 Å². The van der Waals surface area contributed by atoms with E-state index in [0.29, 0.717) is 11.1 Å². The first-order chi connectivity index (χ1) is 9.59. The van der Waals surface area contributed by atoms with Crippen molar-refractivity contribution in [3.8, 4) is 11.3 Å². The number of nitrogens with zero attached hydrogens (tertiary/aromatic N) is 2. The number of halogens is 1. The molecule has 3 heteroatoms. The zero-order valence-corrected chi connectivity index (χ0v) is 11.7. The first kappa shape index (κ1) is 12.7. The lowest BCUT2D eigenvalue weighted by molar-refractivity contribution is 0.608. The molecule has 2 aromatic carbocycles. The normalized spacial score (nSPS) is 11.0. The molecule has 20 heavy (non-hydrogen) atoms. The zero-order valence-electron chi connectivity index (χ0n) is 11.7. The average molecular weight is 266 g/mol. The maximum Gasteiger partial charge on any atom is 0.129 e. The van der Waals surface area contributed by atoms with Crippen LogP contribution in [0, 0.1) is 26.6 Å². The third kappa shape index (κ3) is 1.86. The second kappa shape index (κ2) is 4.67. The maximum absolute atomic E-state index is 14.0. The highest BCUT2D eigenvalue weighted by molar-refractivity contribution is 5.93. The Morgan fingerprint density at radius 2 is 1.70 bits per heavy atom. The summed E-state index contributed by atoms with van der Waals surface area (Å²) in [4.78, 5) is 8.69. The van der Waals surface area contributed by atoms with E-state index in [-0.39, 0.29) is 5.82 Å². The van der Waals surface area contributed by atoms with Gasteiger partial charge in [0, 0.05) is 10.9 Å². The van der Waals surface area contributed by atoms with Crippen LogP contribution in [0.4, 0.5) is 4.39 Å². The minimum atomic E-state index is -0.135. The van der Waals surface area contributed by atoms with Gasteiger partial charge in [0.2, 0.25) is 0 Å². The molecule has 0 saturated heterocycles. The van der Waals surface area contributed by atoms with Gasteiger partial charge < -0.3 is 0 Å². The molecule has 0 aliphatic heterocycles. The average Bonchev–Trinajstić information content (AvgIpc) is 2.48. The van der Waals surface area contributed by atoms with Crippen molar-refractivity contribution < 1.29 is 4.39 Å². The zero-order chi connectivity index (χ0) is 14.3. The van der Waals surface area contributed by atoms with Crippen LogP contribution < -0.4 is 0 Å². The first-order valence-electron chi connectivity index (χ1n) is 6.56. The van der Waals surface area contributed by atoms with Crippen LogP contribution in [-0.2, 0) is 0 Å². The van der Waals surface area contributed by atoms with Crippen LogP contribution in [0.3, 0.4) is 0 Å². The number of rotatable bonds is 1. The van der Waals surface area contributed by atoms with Gasteiger partial charge in [-0.2, -0.15) is 0 Å². The summed E-state index contributed by atoms with van der Waals surface area (Å²) in [6, 6.07) is 9.74. The molecule has 1 aromatic heterocycles. The van der Waals surface area contributed by atoms with Crippen LogP contribution in [0.25, 0.3) is 22.2 Å².